The fourth-order valence-electron chi connectivity index (χ4n) is 2.01. The number of nitro benzene ring substituents is 1. The van der Waals surface area contributed by atoms with Gasteiger partial charge in [0.05, 0.1) is 27.8 Å². The second-order valence-corrected chi connectivity index (χ2v) is 5.31. The predicted molar refractivity (Wildman–Crippen MR) is 80.6 cm³/mol. The molecular weight excluding hydrogens is 292 g/mol. The van der Waals surface area contributed by atoms with E-state index < -0.39 is 4.92 Å². The fourth-order valence-corrected chi connectivity index (χ4v) is 3.05. The van der Waals surface area contributed by atoms with Gasteiger partial charge in [0, 0.05) is 12.1 Å². The summed E-state index contributed by atoms with van der Waals surface area (Å²) in [4.78, 5) is 22.7. The van der Waals surface area contributed by atoms with Crippen molar-refractivity contribution >= 4 is 27.3 Å². The zero-order chi connectivity index (χ0) is 15.0. The van der Waals surface area contributed by atoms with E-state index in [1.165, 1.54) is 33.7 Å². The molecule has 3 rings (SSSR count). The lowest BCUT2D eigenvalue weighted by atomic mass is 10.2. The Labute approximate surface area is 123 Å². The Morgan fingerprint density at radius 3 is 2.52 bits per heavy atom. The predicted octanol–water partition coefficient (Wildman–Crippen LogP) is 2.97. The number of rotatable bonds is 3. The van der Waals surface area contributed by atoms with Gasteiger partial charge >= 0.3 is 0 Å². The summed E-state index contributed by atoms with van der Waals surface area (Å²) in [6.45, 7) is 0. The Morgan fingerprint density at radius 1 is 1.19 bits per heavy atom. The Kier molecular flexibility index (Phi) is 3.19. The van der Waals surface area contributed by atoms with Crippen LogP contribution in [0.15, 0.2) is 47.3 Å². The number of benzene rings is 2. The van der Waals surface area contributed by atoms with E-state index in [4.69, 9.17) is 4.74 Å². The lowest BCUT2D eigenvalue weighted by molar-refractivity contribution is -0.384. The van der Waals surface area contributed by atoms with E-state index in [0.29, 0.717) is 21.5 Å². The number of nitrogens with zero attached hydrogens (tertiary/aromatic N) is 2. The summed E-state index contributed by atoms with van der Waals surface area (Å²) >= 11 is 1.18. The number of ether oxygens (including phenoxy) is 1. The van der Waals surface area contributed by atoms with Crippen LogP contribution in [-0.2, 0) is 0 Å². The molecule has 21 heavy (non-hydrogen) atoms. The van der Waals surface area contributed by atoms with E-state index in [0.717, 1.165) is 0 Å². The minimum Gasteiger partial charge on any atom is -0.497 e. The van der Waals surface area contributed by atoms with Crippen molar-refractivity contribution in [3.8, 4) is 11.4 Å². The van der Waals surface area contributed by atoms with Crippen LogP contribution >= 0.6 is 11.5 Å². The van der Waals surface area contributed by atoms with Crippen LogP contribution in [0.5, 0.6) is 5.75 Å². The molecule has 0 bridgehead atoms. The van der Waals surface area contributed by atoms with E-state index in [2.05, 4.69) is 0 Å². The van der Waals surface area contributed by atoms with E-state index in [1.807, 2.05) is 0 Å². The number of non-ortho nitro benzene ring substituents is 1. The van der Waals surface area contributed by atoms with Crippen molar-refractivity contribution in [2.24, 2.45) is 0 Å². The van der Waals surface area contributed by atoms with Crippen LogP contribution < -0.4 is 10.3 Å². The number of methoxy groups -OCH3 is 1. The van der Waals surface area contributed by atoms with Crippen molar-refractivity contribution in [3.63, 3.8) is 0 Å². The summed E-state index contributed by atoms with van der Waals surface area (Å²) in [5, 5.41) is 11.3. The van der Waals surface area contributed by atoms with Gasteiger partial charge in [-0.25, -0.2) is 3.96 Å². The molecule has 0 aliphatic heterocycles. The number of aromatic nitrogens is 1. The van der Waals surface area contributed by atoms with Crippen LogP contribution in [0.4, 0.5) is 5.69 Å². The number of nitro groups is 1. The van der Waals surface area contributed by atoms with Gasteiger partial charge in [0.25, 0.3) is 11.2 Å². The van der Waals surface area contributed by atoms with Gasteiger partial charge in [0.15, 0.2) is 0 Å². The first-order valence-electron chi connectivity index (χ1n) is 6.05. The molecule has 1 aromatic heterocycles. The summed E-state index contributed by atoms with van der Waals surface area (Å²) in [7, 11) is 1.57. The molecule has 0 spiro atoms. The van der Waals surface area contributed by atoms with Crippen LogP contribution in [0.2, 0.25) is 0 Å². The van der Waals surface area contributed by atoms with Crippen molar-refractivity contribution in [2.75, 3.05) is 7.11 Å². The molecule has 0 amide bonds. The van der Waals surface area contributed by atoms with Gasteiger partial charge in [-0.15, -0.1) is 0 Å². The normalized spacial score (nSPS) is 10.7. The van der Waals surface area contributed by atoms with E-state index in [1.54, 1.807) is 31.4 Å². The largest absolute Gasteiger partial charge is 0.497 e. The van der Waals surface area contributed by atoms with E-state index in [9.17, 15) is 14.9 Å². The second-order valence-electron chi connectivity index (χ2n) is 4.33. The van der Waals surface area contributed by atoms with Crippen molar-refractivity contribution in [3.05, 3.63) is 62.9 Å². The van der Waals surface area contributed by atoms with Crippen LogP contribution in [-0.4, -0.2) is 16.0 Å². The first-order valence-corrected chi connectivity index (χ1v) is 6.82. The number of hydrogen-bond donors (Lipinski definition) is 0. The smallest absolute Gasteiger partial charge is 0.273 e. The third kappa shape index (κ3) is 2.27. The second kappa shape index (κ2) is 5.02. The Balaban J connectivity index is 2.16. The van der Waals surface area contributed by atoms with Crippen molar-refractivity contribution in [1.29, 1.82) is 0 Å². The molecule has 1 heterocycles. The maximum atomic E-state index is 12.3. The molecule has 0 radical (unpaired) electrons. The molecule has 0 aliphatic rings. The van der Waals surface area contributed by atoms with Crippen LogP contribution in [0.1, 0.15) is 0 Å². The molecular formula is C14H10N2O4S. The van der Waals surface area contributed by atoms with Gasteiger partial charge in [-0.2, -0.15) is 0 Å². The number of hydrogen-bond acceptors (Lipinski definition) is 5. The van der Waals surface area contributed by atoms with Crippen molar-refractivity contribution in [2.45, 2.75) is 0 Å². The SMILES string of the molecule is COc1ccc(-n2sc3cc([N+](=O)[O-])ccc3c2=O)cc1. The Morgan fingerprint density at radius 2 is 1.90 bits per heavy atom. The summed E-state index contributed by atoms with van der Waals surface area (Å²) < 4.78 is 7.17. The number of fused-ring (bicyclic) bond motifs is 1. The average Bonchev–Trinajstić information content (AvgIpc) is 2.84. The Hall–Kier alpha value is -2.67. The zero-order valence-electron chi connectivity index (χ0n) is 11.0. The molecule has 0 aliphatic carbocycles. The van der Waals surface area contributed by atoms with Gasteiger partial charge in [0.1, 0.15) is 5.75 Å². The third-order valence-electron chi connectivity index (χ3n) is 3.09. The molecule has 0 saturated heterocycles. The quantitative estimate of drug-likeness (QED) is 0.550. The lowest BCUT2D eigenvalue weighted by Gasteiger charge is -2.02. The highest BCUT2D eigenvalue weighted by molar-refractivity contribution is 7.14. The minimum absolute atomic E-state index is 0.0226. The molecule has 0 fully saturated rings. The van der Waals surface area contributed by atoms with E-state index in [-0.39, 0.29) is 11.2 Å². The highest BCUT2D eigenvalue weighted by Crippen LogP contribution is 2.25. The van der Waals surface area contributed by atoms with Crippen LogP contribution in [0.25, 0.3) is 15.8 Å². The minimum atomic E-state index is -0.471. The molecule has 106 valence electrons. The van der Waals surface area contributed by atoms with Gasteiger partial charge < -0.3 is 4.74 Å². The van der Waals surface area contributed by atoms with Gasteiger partial charge in [0.2, 0.25) is 0 Å². The molecule has 0 saturated carbocycles. The van der Waals surface area contributed by atoms with Crippen LogP contribution in [0, 0.1) is 10.1 Å². The molecule has 3 aromatic rings. The average molecular weight is 302 g/mol. The first kappa shape index (κ1) is 13.3. The summed E-state index contributed by atoms with van der Waals surface area (Å²) in [5.41, 5.74) is 0.491. The topological polar surface area (TPSA) is 74.4 Å². The van der Waals surface area contributed by atoms with Gasteiger partial charge in [-0.05, 0) is 30.3 Å². The molecule has 0 atom stereocenters. The molecule has 2 aromatic carbocycles. The summed E-state index contributed by atoms with van der Waals surface area (Å²) in [6.07, 6.45) is 0. The maximum Gasteiger partial charge on any atom is 0.273 e. The lowest BCUT2D eigenvalue weighted by Crippen LogP contribution is -2.10. The standard InChI is InChI=1S/C14H10N2O4S/c1-20-11-5-2-9(3-6-11)15-14(17)12-7-4-10(16(18)19)8-13(12)21-15/h2-8H,1H3. The highest BCUT2D eigenvalue weighted by atomic mass is 32.1. The molecule has 6 nitrogen and oxygen atoms in total. The van der Waals surface area contributed by atoms with Gasteiger partial charge in [-0.3, -0.25) is 14.9 Å². The van der Waals surface area contributed by atoms with Crippen molar-refractivity contribution < 1.29 is 9.66 Å². The fraction of sp³-hybridized carbons (Fsp3) is 0.0714. The highest BCUT2D eigenvalue weighted by Gasteiger charge is 2.13. The Bertz CT molecular complexity index is 880. The molecule has 0 N–H and O–H groups in total. The summed E-state index contributed by atoms with van der Waals surface area (Å²) in [5.74, 6) is 0.698. The molecule has 7 heteroatoms. The van der Waals surface area contributed by atoms with Gasteiger partial charge in [-0.1, -0.05) is 11.5 Å². The first-order chi connectivity index (χ1) is 10.1. The summed E-state index contributed by atoms with van der Waals surface area (Å²) in [6, 6.07) is 11.3. The van der Waals surface area contributed by atoms with Crippen molar-refractivity contribution in [1.82, 2.24) is 3.96 Å². The zero-order valence-corrected chi connectivity index (χ0v) is 11.8. The van der Waals surface area contributed by atoms with E-state index >= 15 is 0 Å². The molecule has 0 unspecified atom stereocenters. The maximum absolute atomic E-state index is 12.3. The monoisotopic (exact) mass is 302 g/mol. The van der Waals surface area contributed by atoms with Crippen LogP contribution in [0.3, 0.4) is 0 Å². The third-order valence-corrected chi connectivity index (χ3v) is 4.18.